The first kappa shape index (κ1) is 18.2. The molecule has 27 heavy (non-hydrogen) atoms. The van der Waals surface area contributed by atoms with Crippen molar-refractivity contribution in [3.63, 3.8) is 0 Å². The lowest BCUT2D eigenvalue weighted by atomic mass is 10.0. The van der Waals surface area contributed by atoms with Crippen molar-refractivity contribution in [2.75, 3.05) is 24.6 Å². The molecule has 0 saturated carbocycles. The molecule has 0 aromatic carbocycles. The molecular weight excluding hydrogens is 368 g/mol. The minimum atomic E-state index is -3.17. The molecule has 2 aliphatic rings. The lowest BCUT2D eigenvalue weighted by Crippen LogP contribution is -2.60. The maximum absolute atomic E-state index is 12.8. The zero-order valence-electron chi connectivity index (χ0n) is 15.5. The average molecular weight is 392 g/mol. The predicted octanol–water partition coefficient (Wildman–Crippen LogP) is -0.267. The zero-order chi connectivity index (χ0) is 19.2. The summed E-state index contributed by atoms with van der Waals surface area (Å²) < 4.78 is 26.3. The Bertz CT molecular complexity index is 950. The van der Waals surface area contributed by atoms with E-state index >= 15 is 0 Å². The van der Waals surface area contributed by atoms with Crippen LogP contribution in [0.5, 0.6) is 0 Å². The largest absolute Gasteiger partial charge is 0.348 e. The van der Waals surface area contributed by atoms with E-state index in [4.69, 9.17) is 0 Å². The Kier molecular flexibility index (Phi) is 4.55. The molecule has 1 amide bonds. The second-order valence-electron chi connectivity index (χ2n) is 7.40. The molecule has 2 atom stereocenters. The number of rotatable bonds is 4. The molecule has 1 N–H and O–H groups in total. The molecule has 10 heteroatoms. The highest BCUT2D eigenvalue weighted by Crippen LogP contribution is 2.28. The van der Waals surface area contributed by atoms with Crippen molar-refractivity contribution in [3.8, 4) is 0 Å². The van der Waals surface area contributed by atoms with E-state index in [0.717, 1.165) is 17.1 Å². The van der Waals surface area contributed by atoms with Crippen LogP contribution in [0, 0.1) is 13.8 Å². The Balaban J connectivity index is 1.53. The minimum absolute atomic E-state index is 0.0254. The van der Waals surface area contributed by atoms with Gasteiger partial charge in [0.2, 0.25) is 5.91 Å². The number of amides is 1. The molecule has 2 fully saturated rings. The van der Waals surface area contributed by atoms with Gasteiger partial charge in [0, 0.05) is 37.6 Å². The smallest absolute Gasteiger partial charge is 0.244 e. The Morgan fingerprint density at radius 1 is 1.26 bits per heavy atom. The van der Waals surface area contributed by atoms with Crippen LogP contribution in [-0.2, 0) is 27.7 Å². The summed E-state index contributed by atoms with van der Waals surface area (Å²) in [5, 5.41) is 4.26. The van der Waals surface area contributed by atoms with E-state index in [0.29, 0.717) is 19.6 Å². The van der Waals surface area contributed by atoms with Gasteiger partial charge in [-0.05, 0) is 19.9 Å². The van der Waals surface area contributed by atoms with Gasteiger partial charge in [-0.25, -0.2) is 13.4 Å². The first-order chi connectivity index (χ1) is 12.8. The normalized spacial score (nSPS) is 24.9. The lowest BCUT2D eigenvalue weighted by Gasteiger charge is -2.43. The number of aryl methyl sites for hydroxylation is 2. The molecule has 0 unspecified atom stereocenters. The SMILES string of the molecule is Cc1ccn(CC(=O)N2CCN(Cc3nc[nH]c3C)[C@@H]3CS(=O)(=O)C[C@@H]32)n1. The molecule has 0 aliphatic carbocycles. The molecule has 4 rings (SSSR count). The van der Waals surface area contributed by atoms with E-state index in [9.17, 15) is 13.2 Å². The third kappa shape index (κ3) is 3.63. The van der Waals surface area contributed by atoms with Crippen molar-refractivity contribution in [3.05, 3.63) is 35.7 Å². The fourth-order valence-corrected chi connectivity index (χ4v) is 6.06. The number of carbonyl (C=O) groups is 1. The van der Waals surface area contributed by atoms with Gasteiger partial charge in [-0.15, -0.1) is 0 Å². The van der Waals surface area contributed by atoms with E-state index in [-0.39, 0.29) is 36.0 Å². The van der Waals surface area contributed by atoms with Gasteiger partial charge >= 0.3 is 0 Å². The monoisotopic (exact) mass is 392 g/mol. The topological polar surface area (TPSA) is 104 Å². The van der Waals surface area contributed by atoms with E-state index in [2.05, 4.69) is 20.0 Å². The van der Waals surface area contributed by atoms with Crippen molar-refractivity contribution in [1.29, 1.82) is 0 Å². The van der Waals surface area contributed by atoms with Crippen molar-refractivity contribution in [2.45, 2.75) is 39.0 Å². The van der Waals surface area contributed by atoms with Gasteiger partial charge in [-0.3, -0.25) is 14.4 Å². The number of aromatic nitrogens is 4. The first-order valence-corrected chi connectivity index (χ1v) is 10.9. The van der Waals surface area contributed by atoms with Gasteiger partial charge in [-0.1, -0.05) is 0 Å². The molecule has 0 spiro atoms. The Labute approximate surface area is 158 Å². The van der Waals surface area contributed by atoms with Crippen molar-refractivity contribution >= 4 is 15.7 Å². The second-order valence-corrected chi connectivity index (χ2v) is 9.55. The summed E-state index contributed by atoms with van der Waals surface area (Å²) in [6, 6.07) is 1.34. The van der Waals surface area contributed by atoms with Gasteiger partial charge in [0.05, 0.1) is 35.3 Å². The van der Waals surface area contributed by atoms with E-state index in [1.54, 1.807) is 22.1 Å². The fourth-order valence-electron chi connectivity index (χ4n) is 4.05. The van der Waals surface area contributed by atoms with E-state index in [1.165, 1.54) is 0 Å². The number of nitrogens with zero attached hydrogens (tertiary/aromatic N) is 5. The van der Waals surface area contributed by atoms with Gasteiger partial charge in [0.15, 0.2) is 9.84 Å². The van der Waals surface area contributed by atoms with Crippen molar-refractivity contribution in [2.24, 2.45) is 0 Å². The van der Waals surface area contributed by atoms with Crippen LogP contribution in [0.15, 0.2) is 18.6 Å². The molecular formula is C17H24N6O3S. The molecule has 0 bridgehead atoms. The Morgan fingerprint density at radius 3 is 2.70 bits per heavy atom. The zero-order valence-corrected chi connectivity index (χ0v) is 16.3. The van der Waals surface area contributed by atoms with E-state index < -0.39 is 9.84 Å². The number of H-pyrrole nitrogens is 1. The summed E-state index contributed by atoms with van der Waals surface area (Å²) >= 11 is 0. The van der Waals surface area contributed by atoms with Crippen molar-refractivity contribution in [1.82, 2.24) is 29.5 Å². The minimum Gasteiger partial charge on any atom is -0.348 e. The summed E-state index contributed by atoms with van der Waals surface area (Å²) in [7, 11) is -3.17. The molecule has 2 aromatic heterocycles. The number of nitrogens with one attached hydrogen (secondary N) is 1. The Hall–Kier alpha value is -2.20. The molecule has 2 aliphatic heterocycles. The average Bonchev–Trinajstić information content (AvgIpc) is 3.27. The molecule has 0 radical (unpaired) electrons. The van der Waals surface area contributed by atoms with E-state index in [1.807, 2.05) is 19.9 Å². The number of sulfone groups is 1. The summed E-state index contributed by atoms with van der Waals surface area (Å²) in [4.78, 5) is 24.1. The summed E-state index contributed by atoms with van der Waals surface area (Å²) in [6.07, 6.45) is 3.42. The molecule has 9 nitrogen and oxygen atoms in total. The third-order valence-corrected chi connectivity index (χ3v) is 7.17. The molecule has 146 valence electrons. The van der Waals surface area contributed by atoms with Crippen LogP contribution in [0.4, 0.5) is 0 Å². The molecule has 4 heterocycles. The molecule has 2 saturated heterocycles. The number of piperazine rings is 1. The summed E-state index contributed by atoms with van der Waals surface area (Å²) in [5.41, 5.74) is 2.76. The lowest BCUT2D eigenvalue weighted by molar-refractivity contribution is -0.138. The number of fused-ring (bicyclic) bond motifs is 1. The Morgan fingerprint density at radius 2 is 2.04 bits per heavy atom. The van der Waals surface area contributed by atoms with Crippen LogP contribution < -0.4 is 0 Å². The van der Waals surface area contributed by atoms with Gasteiger partial charge in [0.1, 0.15) is 6.54 Å². The standard InChI is InChI=1S/C17H24N6O3S/c1-12-3-4-22(20-12)8-17(24)23-6-5-21(7-14-13(2)18-11-19-14)15-9-27(25,26)10-16(15)23/h3-4,11,15-16H,5-10H2,1-2H3,(H,18,19)/t15-,16+/m1/s1. The van der Waals surface area contributed by atoms with Gasteiger partial charge < -0.3 is 9.88 Å². The maximum atomic E-state index is 12.8. The number of aromatic amines is 1. The highest BCUT2D eigenvalue weighted by Gasteiger charge is 2.48. The van der Waals surface area contributed by atoms with Crippen LogP contribution in [0.2, 0.25) is 0 Å². The number of imidazole rings is 1. The number of carbonyl (C=O) groups excluding carboxylic acids is 1. The van der Waals surface area contributed by atoms with Crippen LogP contribution in [0.3, 0.4) is 0 Å². The third-order valence-electron chi connectivity index (χ3n) is 5.47. The van der Waals surface area contributed by atoms with Crippen LogP contribution >= 0.6 is 0 Å². The van der Waals surface area contributed by atoms with Gasteiger partial charge in [-0.2, -0.15) is 5.10 Å². The second kappa shape index (κ2) is 6.75. The summed E-state index contributed by atoms with van der Waals surface area (Å²) in [6.45, 7) is 5.70. The predicted molar refractivity (Wildman–Crippen MR) is 98.6 cm³/mol. The highest BCUT2D eigenvalue weighted by molar-refractivity contribution is 7.91. The maximum Gasteiger partial charge on any atom is 0.244 e. The summed E-state index contributed by atoms with van der Waals surface area (Å²) in [5.74, 6) is 0.0319. The molecule has 2 aromatic rings. The van der Waals surface area contributed by atoms with Crippen LogP contribution in [-0.4, -0.2) is 80.6 Å². The quantitative estimate of drug-likeness (QED) is 0.768. The highest BCUT2D eigenvalue weighted by atomic mass is 32.2. The van der Waals surface area contributed by atoms with Crippen LogP contribution in [0.1, 0.15) is 17.1 Å². The fraction of sp³-hybridized carbons (Fsp3) is 0.588. The van der Waals surface area contributed by atoms with Crippen molar-refractivity contribution < 1.29 is 13.2 Å². The van der Waals surface area contributed by atoms with Crippen LogP contribution in [0.25, 0.3) is 0 Å². The number of hydrogen-bond donors (Lipinski definition) is 1. The first-order valence-electron chi connectivity index (χ1n) is 9.05. The van der Waals surface area contributed by atoms with Gasteiger partial charge in [0.25, 0.3) is 0 Å². The number of hydrogen-bond acceptors (Lipinski definition) is 6.